The molecule has 3 heterocycles. The third-order valence-electron chi connectivity index (χ3n) is 5.84. The number of aromatic nitrogens is 1. The van der Waals surface area contributed by atoms with Crippen molar-refractivity contribution in [2.24, 2.45) is 10.1 Å². The highest BCUT2D eigenvalue weighted by Crippen LogP contribution is 2.31. The van der Waals surface area contributed by atoms with E-state index in [9.17, 15) is 4.79 Å². The van der Waals surface area contributed by atoms with Crippen LogP contribution in [0, 0.1) is 19.3 Å². The summed E-state index contributed by atoms with van der Waals surface area (Å²) in [6.45, 7) is 6.22. The number of hydrogen-bond donors (Lipinski definition) is 1. The standard InChI is InChI=1S/C25H29N5O2S/c1-5-6-7-8-9-22-28-30-23(26)21(24(31)27-25(30)33-22)15-18-14-16(2)29(17(18)3)19-10-12-20(32-4)13-11-19/h10-15,26H,5-9H2,1-4H3/b21-15+,26-23?. The Labute approximate surface area is 198 Å². The van der Waals surface area contributed by atoms with Crippen molar-refractivity contribution >= 4 is 39.8 Å². The summed E-state index contributed by atoms with van der Waals surface area (Å²) in [7, 11) is 1.65. The van der Waals surface area contributed by atoms with Gasteiger partial charge in [0.1, 0.15) is 10.8 Å². The Bertz CT molecular complexity index is 1170. The van der Waals surface area contributed by atoms with Gasteiger partial charge in [-0.15, -0.1) is 0 Å². The minimum absolute atomic E-state index is 0.0790. The first-order valence-corrected chi connectivity index (χ1v) is 12.1. The normalized spacial score (nSPS) is 16.8. The summed E-state index contributed by atoms with van der Waals surface area (Å²) < 4.78 is 7.38. The van der Waals surface area contributed by atoms with Gasteiger partial charge in [0, 0.05) is 17.1 Å². The number of rotatable bonds is 8. The number of carbonyl (C=O) groups excluding carboxylic acids is 1. The second-order valence-corrected chi connectivity index (χ2v) is 9.22. The summed E-state index contributed by atoms with van der Waals surface area (Å²) in [5.74, 6) is 0.484. The van der Waals surface area contributed by atoms with Gasteiger partial charge in [-0.05, 0) is 80.4 Å². The van der Waals surface area contributed by atoms with Crippen molar-refractivity contribution in [1.29, 1.82) is 5.41 Å². The van der Waals surface area contributed by atoms with E-state index in [0.29, 0.717) is 5.17 Å². The molecule has 0 fully saturated rings. The molecule has 0 atom stereocenters. The molecule has 1 aromatic heterocycles. The van der Waals surface area contributed by atoms with E-state index >= 15 is 0 Å². The van der Waals surface area contributed by atoms with Crippen molar-refractivity contribution in [3.8, 4) is 11.4 Å². The van der Waals surface area contributed by atoms with E-state index in [1.807, 2.05) is 44.2 Å². The molecule has 0 saturated heterocycles. The van der Waals surface area contributed by atoms with Crippen LogP contribution in [0.3, 0.4) is 0 Å². The number of benzene rings is 1. The number of carbonyl (C=O) groups is 1. The average Bonchev–Trinajstić information content (AvgIpc) is 3.34. The third kappa shape index (κ3) is 4.66. The Morgan fingerprint density at radius 1 is 1.15 bits per heavy atom. The van der Waals surface area contributed by atoms with E-state index < -0.39 is 5.91 Å². The van der Waals surface area contributed by atoms with Gasteiger partial charge in [0.05, 0.1) is 12.7 Å². The highest BCUT2D eigenvalue weighted by molar-refractivity contribution is 8.26. The fourth-order valence-electron chi connectivity index (χ4n) is 4.05. The molecule has 1 N–H and O–H groups in total. The van der Waals surface area contributed by atoms with Crippen molar-refractivity contribution in [3.63, 3.8) is 0 Å². The number of amides is 1. The fraction of sp³-hybridized carbons (Fsp3) is 0.360. The first-order valence-electron chi connectivity index (χ1n) is 11.3. The first-order chi connectivity index (χ1) is 15.9. The van der Waals surface area contributed by atoms with Gasteiger partial charge in [0.2, 0.25) is 5.17 Å². The molecule has 2 aromatic rings. The van der Waals surface area contributed by atoms with Crippen LogP contribution in [0.2, 0.25) is 0 Å². The molecule has 7 nitrogen and oxygen atoms in total. The molecule has 8 heteroatoms. The molecule has 0 radical (unpaired) electrons. The minimum atomic E-state index is -0.393. The SMILES string of the molecule is CCCCCCC1=NN2C(=N)/C(=C\c3cc(C)n(-c4ccc(OC)cc4)c3C)C(=O)N=C2S1. The van der Waals surface area contributed by atoms with E-state index in [1.165, 1.54) is 29.6 Å². The molecule has 1 aromatic carbocycles. The lowest BCUT2D eigenvalue weighted by Gasteiger charge is -2.20. The van der Waals surface area contributed by atoms with Gasteiger partial charge in [0.25, 0.3) is 5.91 Å². The predicted molar refractivity (Wildman–Crippen MR) is 136 cm³/mol. The molecule has 1 amide bonds. The summed E-state index contributed by atoms with van der Waals surface area (Å²) in [6.07, 6.45) is 7.22. The molecule has 0 bridgehead atoms. The number of hydrazone groups is 1. The Kier molecular flexibility index (Phi) is 6.83. The quantitative estimate of drug-likeness (QED) is 0.402. The molecule has 2 aliphatic rings. The zero-order valence-electron chi connectivity index (χ0n) is 19.5. The molecular formula is C25H29N5O2S. The summed E-state index contributed by atoms with van der Waals surface area (Å²) in [5, 5.41) is 16.1. The number of hydrogen-bond acceptors (Lipinski definition) is 5. The highest BCUT2D eigenvalue weighted by atomic mass is 32.2. The smallest absolute Gasteiger partial charge is 0.283 e. The lowest BCUT2D eigenvalue weighted by atomic mass is 10.1. The third-order valence-corrected chi connectivity index (χ3v) is 6.81. The van der Waals surface area contributed by atoms with Crippen LogP contribution in [-0.2, 0) is 4.79 Å². The zero-order chi connectivity index (χ0) is 23.5. The van der Waals surface area contributed by atoms with E-state index in [0.717, 1.165) is 52.7 Å². The first kappa shape index (κ1) is 23.0. The van der Waals surface area contributed by atoms with Crippen LogP contribution in [0.4, 0.5) is 0 Å². The number of fused-ring (bicyclic) bond motifs is 1. The second kappa shape index (κ2) is 9.79. The van der Waals surface area contributed by atoms with Gasteiger partial charge in [0.15, 0.2) is 5.84 Å². The Hall–Kier alpha value is -3.13. The van der Waals surface area contributed by atoms with E-state index in [-0.39, 0.29) is 11.4 Å². The predicted octanol–water partition coefficient (Wildman–Crippen LogP) is 5.69. The van der Waals surface area contributed by atoms with Crippen LogP contribution in [0.25, 0.3) is 11.8 Å². The Morgan fingerprint density at radius 2 is 1.91 bits per heavy atom. The second-order valence-electron chi connectivity index (χ2n) is 8.18. The van der Waals surface area contributed by atoms with Crippen molar-refractivity contribution in [1.82, 2.24) is 9.58 Å². The van der Waals surface area contributed by atoms with Crippen molar-refractivity contribution in [2.45, 2.75) is 52.9 Å². The number of aliphatic imine (C=N–C) groups is 1. The maximum atomic E-state index is 12.8. The minimum Gasteiger partial charge on any atom is -0.497 e. The van der Waals surface area contributed by atoms with Gasteiger partial charge >= 0.3 is 0 Å². The summed E-state index contributed by atoms with van der Waals surface area (Å²) in [6, 6.07) is 9.86. The Morgan fingerprint density at radius 3 is 2.61 bits per heavy atom. The number of nitrogens with zero attached hydrogens (tertiary/aromatic N) is 4. The average molecular weight is 464 g/mol. The van der Waals surface area contributed by atoms with E-state index in [4.69, 9.17) is 10.1 Å². The van der Waals surface area contributed by atoms with Gasteiger partial charge < -0.3 is 9.30 Å². The number of thioether (sulfide) groups is 1. The monoisotopic (exact) mass is 463 g/mol. The molecule has 4 rings (SSSR count). The molecule has 0 saturated carbocycles. The van der Waals surface area contributed by atoms with Gasteiger partial charge in [-0.3, -0.25) is 10.2 Å². The van der Waals surface area contributed by atoms with Crippen LogP contribution in [0.1, 0.15) is 56.0 Å². The summed E-state index contributed by atoms with van der Waals surface area (Å²) >= 11 is 1.40. The van der Waals surface area contributed by atoms with E-state index in [2.05, 4.69) is 21.6 Å². The number of ether oxygens (including phenoxy) is 1. The van der Waals surface area contributed by atoms with Gasteiger partial charge in [-0.1, -0.05) is 26.2 Å². The largest absolute Gasteiger partial charge is 0.497 e. The topological polar surface area (TPSA) is 83.0 Å². The molecular weight excluding hydrogens is 434 g/mol. The van der Waals surface area contributed by atoms with Crippen molar-refractivity contribution in [3.05, 3.63) is 52.9 Å². The van der Waals surface area contributed by atoms with E-state index in [1.54, 1.807) is 13.2 Å². The molecule has 0 aliphatic carbocycles. The number of methoxy groups -OCH3 is 1. The molecule has 0 unspecified atom stereocenters. The zero-order valence-corrected chi connectivity index (χ0v) is 20.3. The van der Waals surface area contributed by atoms with Crippen LogP contribution < -0.4 is 4.74 Å². The molecule has 172 valence electrons. The van der Waals surface area contributed by atoms with Gasteiger partial charge in [-0.25, -0.2) is 0 Å². The lowest BCUT2D eigenvalue weighted by Crippen LogP contribution is -2.35. The van der Waals surface area contributed by atoms with Crippen LogP contribution in [0.5, 0.6) is 5.75 Å². The number of amidine groups is 2. The fourth-order valence-corrected chi connectivity index (χ4v) is 4.98. The molecule has 0 spiro atoms. The lowest BCUT2D eigenvalue weighted by molar-refractivity contribution is -0.114. The maximum absolute atomic E-state index is 12.8. The molecule has 2 aliphatic heterocycles. The van der Waals surface area contributed by atoms with Crippen molar-refractivity contribution in [2.75, 3.05) is 7.11 Å². The number of unbranched alkanes of at least 4 members (excludes halogenated alkanes) is 3. The van der Waals surface area contributed by atoms with Gasteiger partial charge in [-0.2, -0.15) is 15.1 Å². The summed E-state index contributed by atoms with van der Waals surface area (Å²) in [4.78, 5) is 17.0. The van der Waals surface area contributed by atoms with Crippen LogP contribution in [0.15, 0.2) is 46.0 Å². The van der Waals surface area contributed by atoms with Crippen LogP contribution >= 0.6 is 11.8 Å². The highest BCUT2D eigenvalue weighted by Gasteiger charge is 2.35. The summed E-state index contributed by atoms with van der Waals surface area (Å²) in [5.41, 5.74) is 4.16. The molecule has 33 heavy (non-hydrogen) atoms. The van der Waals surface area contributed by atoms with Crippen molar-refractivity contribution < 1.29 is 9.53 Å². The Balaban J connectivity index is 1.59. The number of aryl methyl sites for hydroxylation is 1. The van der Waals surface area contributed by atoms with Crippen LogP contribution in [-0.4, -0.2) is 38.6 Å². The maximum Gasteiger partial charge on any atom is 0.283 e. The number of nitrogens with one attached hydrogen (secondary N) is 1.